The van der Waals surface area contributed by atoms with Crippen LogP contribution in [0.2, 0.25) is 0 Å². The topological polar surface area (TPSA) is 99.1 Å². The predicted octanol–water partition coefficient (Wildman–Crippen LogP) is 1.06. The summed E-state index contributed by atoms with van der Waals surface area (Å²) in [6.07, 6.45) is -0.299. The molecule has 22 heavy (non-hydrogen) atoms. The highest BCUT2D eigenvalue weighted by Crippen LogP contribution is 2.37. The lowest BCUT2D eigenvalue weighted by molar-refractivity contribution is -0.154. The third kappa shape index (κ3) is 5.14. The Hall–Kier alpha value is -1.34. The van der Waals surface area contributed by atoms with Crippen molar-refractivity contribution in [2.75, 3.05) is 26.7 Å². The normalized spacial score (nSPS) is 19.6. The average Bonchev–Trinajstić information content (AvgIpc) is 2.37. The largest absolute Gasteiger partial charge is 0.481 e. The Morgan fingerprint density at radius 3 is 2.27 bits per heavy atom. The Kier molecular flexibility index (Phi) is 6.19. The number of carbonyl (C=O) groups is 2. The summed E-state index contributed by atoms with van der Waals surface area (Å²) in [6.45, 7) is 6.39. The molecule has 0 aromatic heterocycles. The van der Waals surface area contributed by atoms with Crippen LogP contribution in [0.5, 0.6) is 0 Å². The average molecular weight is 316 g/mol. The van der Waals surface area contributed by atoms with Crippen molar-refractivity contribution in [1.29, 1.82) is 0 Å². The van der Waals surface area contributed by atoms with E-state index in [9.17, 15) is 19.8 Å². The summed E-state index contributed by atoms with van der Waals surface area (Å²) in [5, 5.41) is 22.3. The number of aliphatic hydroxyl groups is 1. The lowest BCUT2D eigenvalue weighted by Crippen LogP contribution is -2.49. The van der Waals surface area contributed by atoms with Gasteiger partial charge in [-0.25, -0.2) is 4.79 Å². The molecule has 0 unspecified atom stereocenters. The quantitative estimate of drug-likeness (QED) is 0.701. The molecule has 0 spiro atoms. The number of likely N-dealkylation sites (tertiary alicyclic amines) is 1. The Morgan fingerprint density at radius 1 is 1.32 bits per heavy atom. The molecule has 7 nitrogen and oxygen atoms in total. The summed E-state index contributed by atoms with van der Waals surface area (Å²) in [6, 6.07) is 0. The number of ether oxygens (including phenoxy) is 1. The van der Waals surface area contributed by atoms with Gasteiger partial charge in [0.2, 0.25) is 0 Å². The van der Waals surface area contributed by atoms with Gasteiger partial charge in [0.15, 0.2) is 0 Å². The minimum Gasteiger partial charge on any atom is -0.481 e. The molecule has 3 N–H and O–H groups in total. The molecule has 1 aliphatic heterocycles. The van der Waals surface area contributed by atoms with Crippen LogP contribution in [-0.4, -0.2) is 65.6 Å². The molecule has 0 aliphatic carbocycles. The molecular formula is C15H28N2O5. The van der Waals surface area contributed by atoms with Gasteiger partial charge in [-0.1, -0.05) is 0 Å². The van der Waals surface area contributed by atoms with Crippen LogP contribution in [0.1, 0.15) is 40.0 Å². The maximum absolute atomic E-state index is 12.0. The zero-order chi connectivity index (χ0) is 17.0. The van der Waals surface area contributed by atoms with Crippen molar-refractivity contribution in [2.45, 2.75) is 51.7 Å². The summed E-state index contributed by atoms with van der Waals surface area (Å²) < 4.78 is 5.31. The third-order valence-electron chi connectivity index (χ3n) is 3.89. The summed E-state index contributed by atoms with van der Waals surface area (Å²) in [5.41, 5.74) is -1.55. The molecule has 128 valence electrons. The molecule has 0 bridgehead atoms. The van der Waals surface area contributed by atoms with Gasteiger partial charge in [0.05, 0.1) is 11.5 Å². The second-order valence-electron chi connectivity index (χ2n) is 6.97. The van der Waals surface area contributed by atoms with E-state index in [1.54, 1.807) is 27.8 Å². The third-order valence-corrected chi connectivity index (χ3v) is 3.89. The van der Waals surface area contributed by atoms with E-state index >= 15 is 0 Å². The lowest BCUT2D eigenvalue weighted by atomic mass is 9.74. The number of carbonyl (C=O) groups excluding carboxylic acids is 1. The van der Waals surface area contributed by atoms with Gasteiger partial charge in [-0.3, -0.25) is 4.79 Å². The van der Waals surface area contributed by atoms with Gasteiger partial charge in [0.25, 0.3) is 0 Å². The highest BCUT2D eigenvalue weighted by molar-refractivity contribution is 5.75. The number of aliphatic carboxylic acids is 1. The molecule has 1 saturated heterocycles. The molecule has 1 rings (SSSR count). The minimum absolute atomic E-state index is 0.186. The van der Waals surface area contributed by atoms with Crippen LogP contribution in [0.4, 0.5) is 4.79 Å². The first kappa shape index (κ1) is 18.7. The number of hydrogen-bond acceptors (Lipinski definition) is 5. The number of likely N-dealkylation sites (N-methyl/N-ethyl adjacent to an activating group) is 1. The highest BCUT2D eigenvalue weighted by atomic mass is 16.6. The van der Waals surface area contributed by atoms with E-state index in [0.717, 1.165) is 0 Å². The van der Waals surface area contributed by atoms with E-state index < -0.39 is 29.2 Å². The van der Waals surface area contributed by atoms with Gasteiger partial charge < -0.3 is 25.2 Å². The summed E-state index contributed by atoms with van der Waals surface area (Å²) in [4.78, 5) is 25.2. The molecular weight excluding hydrogens is 288 g/mol. The van der Waals surface area contributed by atoms with E-state index in [1.165, 1.54) is 4.90 Å². The summed E-state index contributed by atoms with van der Waals surface area (Å²) >= 11 is 0. The first-order valence-electron chi connectivity index (χ1n) is 7.64. The number of piperidine rings is 1. The van der Waals surface area contributed by atoms with Gasteiger partial charge in [-0.05, 0) is 47.1 Å². The summed E-state index contributed by atoms with van der Waals surface area (Å²) in [5.74, 6) is -0.911. The van der Waals surface area contributed by atoms with Crippen molar-refractivity contribution in [2.24, 2.45) is 5.41 Å². The van der Waals surface area contributed by atoms with Crippen molar-refractivity contribution in [3.63, 3.8) is 0 Å². The maximum Gasteiger partial charge on any atom is 0.410 e. The standard InChI is InChI=1S/C15H28N2O5/c1-14(2,3)22-13(21)17-7-5-15(6-8-17,12(19)20)9-11(18)10-16-4/h11,16,18H,5-10H2,1-4H3,(H,19,20)/t11-/m0/s1. The Labute approximate surface area is 131 Å². The van der Waals surface area contributed by atoms with Crippen LogP contribution in [0.25, 0.3) is 0 Å². The van der Waals surface area contributed by atoms with Crippen LogP contribution in [0.3, 0.4) is 0 Å². The second-order valence-corrected chi connectivity index (χ2v) is 6.97. The Morgan fingerprint density at radius 2 is 1.86 bits per heavy atom. The van der Waals surface area contributed by atoms with Gasteiger partial charge in [-0.2, -0.15) is 0 Å². The smallest absolute Gasteiger partial charge is 0.410 e. The van der Waals surface area contributed by atoms with Crippen molar-refractivity contribution < 1.29 is 24.5 Å². The van der Waals surface area contributed by atoms with E-state index in [1.807, 2.05) is 0 Å². The minimum atomic E-state index is -0.977. The van der Waals surface area contributed by atoms with Crippen molar-refractivity contribution in [3.05, 3.63) is 0 Å². The zero-order valence-electron chi connectivity index (χ0n) is 13.9. The predicted molar refractivity (Wildman–Crippen MR) is 81.7 cm³/mol. The molecule has 0 aromatic carbocycles. The first-order chi connectivity index (χ1) is 10.1. The van der Waals surface area contributed by atoms with Crippen LogP contribution in [0, 0.1) is 5.41 Å². The molecule has 1 amide bonds. The maximum atomic E-state index is 12.0. The van der Waals surface area contributed by atoms with Crippen LogP contribution in [0.15, 0.2) is 0 Å². The zero-order valence-corrected chi connectivity index (χ0v) is 13.9. The van der Waals surface area contributed by atoms with E-state index in [4.69, 9.17) is 4.74 Å². The molecule has 1 heterocycles. The number of carboxylic acids is 1. The van der Waals surface area contributed by atoms with Crippen LogP contribution >= 0.6 is 0 Å². The fourth-order valence-corrected chi connectivity index (χ4v) is 2.71. The van der Waals surface area contributed by atoms with Crippen LogP contribution in [-0.2, 0) is 9.53 Å². The van der Waals surface area contributed by atoms with Gasteiger partial charge >= 0.3 is 12.1 Å². The van der Waals surface area contributed by atoms with E-state index in [2.05, 4.69) is 5.32 Å². The van der Waals surface area contributed by atoms with E-state index in [-0.39, 0.29) is 6.42 Å². The second kappa shape index (κ2) is 7.28. The molecule has 1 aliphatic rings. The lowest BCUT2D eigenvalue weighted by Gasteiger charge is -2.40. The van der Waals surface area contributed by atoms with Gasteiger partial charge in [-0.15, -0.1) is 0 Å². The number of aliphatic hydroxyl groups excluding tert-OH is 1. The van der Waals surface area contributed by atoms with Gasteiger partial charge in [0, 0.05) is 19.6 Å². The van der Waals surface area contributed by atoms with Gasteiger partial charge in [0.1, 0.15) is 5.60 Å². The van der Waals surface area contributed by atoms with Crippen LogP contribution < -0.4 is 5.32 Å². The number of hydrogen-bond donors (Lipinski definition) is 3. The Balaban J connectivity index is 2.66. The Bertz CT molecular complexity index is 397. The highest BCUT2D eigenvalue weighted by Gasteiger charge is 2.44. The monoisotopic (exact) mass is 316 g/mol. The number of rotatable bonds is 5. The molecule has 0 aromatic rings. The molecule has 1 atom stereocenters. The molecule has 0 radical (unpaired) electrons. The van der Waals surface area contributed by atoms with Crippen molar-refractivity contribution in [3.8, 4) is 0 Å². The SMILES string of the molecule is CNC[C@@H](O)CC1(C(=O)O)CCN(C(=O)OC(C)(C)C)CC1. The number of nitrogens with one attached hydrogen (secondary N) is 1. The fourth-order valence-electron chi connectivity index (χ4n) is 2.71. The number of carboxylic acid groups (broad SMARTS) is 1. The van der Waals surface area contributed by atoms with Crippen molar-refractivity contribution >= 4 is 12.1 Å². The number of amides is 1. The fraction of sp³-hybridized carbons (Fsp3) is 0.867. The van der Waals surface area contributed by atoms with Crippen molar-refractivity contribution in [1.82, 2.24) is 10.2 Å². The molecule has 7 heteroatoms. The first-order valence-corrected chi connectivity index (χ1v) is 7.64. The number of nitrogens with zero attached hydrogens (tertiary/aromatic N) is 1. The summed E-state index contributed by atoms with van der Waals surface area (Å²) in [7, 11) is 1.71. The molecule has 1 fully saturated rings. The molecule has 0 saturated carbocycles. The van der Waals surface area contributed by atoms with E-state index in [0.29, 0.717) is 32.5 Å².